The van der Waals surface area contributed by atoms with Gasteiger partial charge in [0.05, 0.1) is 23.3 Å². The molecule has 1 aromatic carbocycles. The predicted molar refractivity (Wildman–Crippen MR) is 104 cm³/mol. The van der Waals surface area contributed by atoms with Gasteiger partial charge in [-0.2, -0.15) is 5.10 Å². The highest BCUT2D eigenvalue weighted by atomic mass is 35.5. The molecule has 8 heteroatoms. The van der Waals surface area contributed by atoms with E-state index in [2.05, 4.69) is 20.6 Å². The topological polar surface area (TPSA) is 77.1 Å². The normalized spacial score (nSPS) is 11.3. The Morgan fingerprint density at radius 3 is 3.00 bits per heavy atom. The number of aryl methyl sites for hydroxylation is 2. The van der Waals surface area contributed by atoms with Gasteiger partial charge in [0.15, 0.2) is 5.65 Å². The second-order valence-corrected chi connectivity index (χ2v) is 6.70. The van der Waals surface area contributed by atoms with Crippen LogP contribution in [0.5, 0.6) is 0 Å². The third kappa shape index (κ3) is 3.78. The molecule has 3 heterocycles. The first kappa shape index (κ1) is 17.5. The molecule has 138 valence electrons. The van der Waals surface area contributed by atoms with Crippen LogP contribution in [0.15, 0.2) is 48.8 Å². The van der Waals surface area contributed by atoms with Crippen LogP contribution in [0.25, 0.3) is 16.6 Å². The van der Waals surface area contributed by atoms with Crippen molar-refractivity contribution < 1.29 is 4.79 Å². The largest absolute Gasteiger partial charge is 0.356 e. The van der Waals surface area contributed by atoms with E-state index in [-0.39, 0.29) is 5.91 Å². The molecule has 0 aliphatic carbocycles. The number of halogens is 1. The van der Waals surface area contributed by atoms with Gasteiger partial charge < -0.3 is 5.32 Å². The van der Waals surface area contributed by atoms with Crippen molar-refractivity contribution in [2.24, 2.45) is 0 Å². The molecule has 0 saturated heterocycles. The number of nitrogens with one attached hydrogen (secondary N) is 1. The van der Waals surface area contributed by atoms with Gasteiger partial charge in [-0.1, -0.05) is 23.7 Å². The quantitative estimate of drug-likeness (QED) is 0.498. The Morgan fingerprint density at radius 1 is 1.15 bits per heavy atom. The summed E-state index contributed by atoms with van der Waals surface area (Å²) < 4.78 is 3.78. The van der Waals surface area contributed by atoms with Gasteiger partial charge in [-0.3, -0.25) is 13.9 Å². The van der Waals surface area contributed by atoms with E-state index in [4.69, 9.17) is 11.6 Å². The van der Waals surface area contributed by atoms with Crippen LogP contribution in [-0.2, 0) is 17.8 Å². The first-order valence-corrected chi connectivity index (χ1v) is 9.25. The molecule has 0 radical (unpaired) electrons. The molecule has 4 aromatic rings. The van der Waals surface area contributed by atoms with E-state index < -0.39 is 0 Å². The van der Waals surface area contributed by atoms with Crippen LogP contribution in [0.3, 0.4) is 0 Å². The van der Waals surface area contributed by atoms with Crippen LogP contribution >= 0.6 is 11.6 Å². The Hall–Kier alpha value is -2.93. The van der Waals surface area contributed by atoms with Crippen molar-refractivity contribution in [1.29, 1.82) is 0 Å². The summed E-state index contributed by atoms with van der Waals surface area (Å²) in [5.74, 6) is 0.909. The highest BCUT2D eigenvalue weighted by Crippen LogP contribution is 2.22. The van der Waals surface area contributed by atoms with Crippen molar-refractivity contribution >= 4 is 34.1 Å². The zero-order valence-electron chi connectivity index (χ0n) is 14.7. The first-order chi connectivity index (χ1) is 13.2. The summed E-state index contributed by atoms with van der Waals surface area (Å²) in [4.78, 5) is 12.1. The summed E-state index contributed by atoms with van der Waals surface area (Å²) in [6.45, 7) is 1.12. The number of pyridine rings is 1. The number of amides is 1. The Morgan fingerprint density at radius 2 is 2.07 bits per heavy atom. The Balaban J connectivity index is 1.24. The number of carbonyl (C=O) groups is 1. The van der Waals surface area contributed by atoms with Crippen LogP contribution < -0.4 is 5.32 Å². The molecular weight excluding hydrogens is 364 g/mol. The Bertz CT molecular complexity index is 1090. The molecule has 4 rings (SSSR count). The van der Waals surface area contributed by atoms with Crippen LogP contribution in [0.2, 0.25) is 5.02 Å². The Kier molecular flexibility index (Phi) is 5.02. The van der Waals surface area contributed by atoms with Crippen molar-refractivity contribution in [2.45, 2.75) is 25.8 Å². The highest BCUT2D eigenvalue weighted by Gasteiger charge is 2.08. The van der Waals surface area contributed by atoms with Gasteiger partial charge in [0.1, 0.15) is 5.82 Å². The fraction of sp³-hybridized carbons (Fsp3) is 0.263. The molecule has 0 atom stereocenters. The molecule has 1 N–H and O–H groups in total. The van der Waals surface area contributed by atoms with Crippen LogP contribution in [0.1, 0.15) is 18.7 Å². The number of nitrogens with zero attached hydrogens (tertiary/aromatic N) is 5. The number of benzene rings is 1. The molecule has 0 fully saturated rings. The minimum Gasteiger partial charge on any atom is -0.356 e. The minimum absolute atomic E-state index is 0.00628. The molecule has 0 bridgehead atoms. The average Bonchev–Trinajstić information content (AvgIpc) is 3.29. The average molecular weight is 383 g/mol. The predicted octanol–water partition coefficient (Wildman–Crippen LogP) is 2.87. The molecule has 0 saturated carbocycles. The van der Waals surface area contributed by atoms with Gasteiger partial charge in [-0.05, 0) is 30.7 Å². The number of fused-ring (bicyclic) bond motifs is 2. The molecule has 0 unspecified atom stereocenters. The van der Waals surface area contributed by atoms with Crippen LogP contribution in [0, 0.1) is 0 Å². The smallest absolute Gasteiger partial charge is 0.221 e. The molecule has 7 nitrogen and oxygen atoms in total. The standard InChI is InChI=1S/C19H19ClN6O/c20-15-5-3-6-16-14(15)13-22-26(16)12-9-19(27)21-10-4-8-18-24-23-17-7-1-2-11-25(17)18/h1-3,5-7,11,13H,4,8-10,12H2,(H,21,27). The molecule has 0 aliphatic rings. The third-order valence-corrected chi connectivity index (χ3v) is 4.80. The van der Waals surface area contributed by atoms with Gasteiger partial charge in [-0.25, -0.2) is 0 Å². The zero-order valence-corrected chi connectivity index (χ0v) is 15.4. The maximum Gasteiger partial charge on any atom is 0.221 e. The van der Waals surface area contributed by atoms with Gasteiger partial charge >= 0.3 is 0 Å². The Labute approximate surface area is 161 Å². The minimum atomic E-state index is 0.00628. The van der Waals surface area contributed by atoms with E-state index in [9.17, 15) is 4.79 Å². The fourth-order valence-electron chi connectivity index (χ4n) is 3.08. The summed E-state index contributed by atoms with van der Waals surface area (Å²) in [7, 11) is 0. The SMILES string of the molecule is O=C(CCn1ncc2c(Cl)cccc21)NCCCc1nnc2ccccn12. The lowest BCUT2D eigenvalue weighted by Crippen LogP contribution is -2.26. The number of rotatable bonds is 7. The van der Waals surface area contributed by atoms with Crippen molar-refractivity contribution in [3.63, 3.8) is 0 Å². The van der Waals surface area contributed by atoms with E-state index in [0.29, 0.717) is 24.5 Å². The van der Waals surface area contributed by atoms with Gasteiger partial charge in [0.25, 0.3) is 0 Å². The van der Waals surface area contributed by atoms with Gasteiger partial charge in [0.2, 0.25) is 5.91 Å². The highest BCUT2D eigenvalue weighted by molar-refractivity contribution is 6.35. The molecule has 0 spiro atoms. The molecular formula is C19H19ClN6O. The maximum absolute atomic E-state index is 12.1. The van der Waals surface area contributed by atoms with E-state index in [1.54, 1.807) is 6.20 Å². The summed E-state index contributed by atoms with van der Waals surface area (Å²) >= 11 is 6.15. The number of aromatic nitrogens is 5. The summed E-state index contributed by atoms with van der Waals surface area (Å²) in [6, 6.07) is 11.5. The lowest BCUT2D eigenvalue weighted by Gasteiger charge is -2.06. The van der Waals surface area contributed by atoms with Gasteiger partial charge in [-0.15, -0.1) is 10.2 Å². The van der Waals surface area contributed by atoms with Crippen LogP contribution in [-0.4, -0.2) is 36.8 Å². The van der Waals surface area contributed by atoms with Crippen molar-refractivity contribution in [1.82, 2.24) is 29.7 Å². The van der Waals surface area contributed by atoms with E-state index in [0.717, 1.165) is 35.2 Å². The molecule has 3 aromatic heterocycles. The fourth-order valence-corrected chi connectivity index (χ4v) is 3.30. The third-order valence-electron chi connectivity index (χ3n) is 4.47. The van der Waals surface area contributed by atoms with Crippen molar-refractivity contribution in [3.05, 3.63) is 59.6 Å². The summed E-state index contributed by atoms with van der Waals surface area (Å²) in [5, 5.41) is 17.2. The zero-order chi connectivity index (χ0) is 18.6. The number of hydrogen-bond donors (Lipinski definition) is 1. The lowest BCUT2D eigenvalue weighted by atomic mass is 10.2. The monoisotopic (exact) mass is 382 g/mol. The van der Waals surface area contributed by atoms with Crippen molar-refractivity contribution in [2.75, 3.05) is 6.54 Å². The van der Waals surface area contributed by atoms with E-state index in [1.807, 2.05) is 51.7 Å². The maximum atomic E-state index is 12.1. The molecule has 27 heavy (non-hydrogen) atoms. The molecule has 1 amide bonds. The molecule has 0 aliphatic heterocycles. The first-order valence-electron chi connectivity index (χ1n) is 8.88. The van der Waals surface area contributed by atoms with E-state index >= 15 is 0 Å². The van der Waals surface area contributed by atoms with Crippen LogP contribution in [0.4, 0.5) is 0 Å². The summed E-state index contributed by atoms with van der Waals surface area (Å²) in [5.41, 5.74) is 1.78. The van der Waals surface area contributed by atoms with Crippen molar-refractivity contribution in [3.8, 4) is 0 Å². The lowest BCUT2D eigenvalue weighted by molar-refractivity contribution is -0.121. The second kappa shape index (κ2) is 7.75. The van der Waals surface area contributed by atoms with E-state index in [1.165, 1.54) is 0 Å². The number of hydrogen-bond acceptors (Lipinski definition) is 4. The summed E-state index contributed by atoms with van der Waals surface area (Å²) in [6.07, 6.45) is 5.62. The second-order valence-electron chi connectivity index (χ2n) is 6.29. The van der Waals surface area contributed by atoms with Gasteiger partial charge in [0, 0.05) is 31.0 Å². The number of carbonyl (C=O) groups excluding carboxylic acids is 1.